The molecule has 0 fully saturated rings. The number of carboxylic acid groups (broad SMARTS) is 2. The summed E-state index contributed by atoms with van der Waals surface area (Å²) < 4.78 is 0. The fraction of sp³-hybridized carbons (Fsp3) is 0.167. The highest BCUT2D eigenvalue weighted by Crippen LogP contribution is 2.25. The molecule has 7 heteroatoms. The summed E-state index contributed by atoms with van der Waals surface area (Å²) >= 11 is 0. The van der Waals surface area contributed by atoms with E-state index in [4.69, 9.17) is 0 Å². The molecule has 1 atom stereocenters. The monoisotopic (exact) mass is 340 g/mol. The average molecular weight is 340 g/mol. The second kappa shape index (κ2) is 6.64. The van der Waals surface area contributed by atoms with E-state index in [1.54, 1.807) is 12.1 Å². The highest BCUT2D eigenvalue weighted by Gasteiger charge is 2.34. The van der Waals surface area contributed by atoms with Crippen LogP contribution in [0.25, 0.3) is 0 Å². The molecule has 0 aliphatic carbocycles. The van der Waals surface area contributed by atoms with Gasteiger partial charge >= 0.3 is 18.0 Å². The number of para-hydroxylation sites is 1. The predicted octanol–water partition coefficient (Wildman–Crippen LogP) is 2.43. The summed E-state index contributed by atoms with van der Waals surface area (Å²) in [5, 5.41) is 21.2. The molecule has 2 aromatic carbocycles. The van der Waals surface area contributed by atoms with Crippen LogP contribution in [0.2, 0.25) is 0 Å². The lowest BCUT2D eigenvalue weighted by atomic mass is 9.94. The first kappa shape index (κ1) is 16.5. The molecule has 0 aromatic heterocycles. The molecule has 0 spiro atoms. The topological polar surface area (TPSA) is 107 Å². The maximum atomic E-state index is 12.6. The number of benzene rings is 2. The Balaban J connectivity index is 1.88. The van der Waals surface area contributed by atoms with Crippen LogP contribution in [0.5, 0.6) is 0 Å². The summed E-state index contributed by atoms with van der Waals surface area (Å²) in [5.41, 5.74) is 1.84. The number of rotatable bonds is 3. The summed E-state index contributed by atoms with van der Waals surface area (Å²) in [7, 11) is 0. The first-order chi connectivity index (χ1) is 12.0. The van der Waals surface area contributed by atoms with E-state index in [1.807, 2.05) is 24.3 Å². The Morgan fingerprint density at radius 3 is 2.28 bits per heavy atom. The zero-order valence-corrected chi connectivity index (χ0v) is 13.2. The number of aromatic carboxylic acids is 1. The normalized spacial score (nSPS) is 16.0. The molecule has 1 aliphatic heterocycles. The molecule has 0 saturated heterocycles. The van der Waals surface area contributed by atoms with Gasteiger partial charge in [0.2, 0.25) is 0 Å². The average Bonchev–Trinajstić information content (AvgIpc) is 2.60. The fourth-order valence-electron chi connectivity index (χ4n) is 2.92. The van der Waals surface area contributed by atoms with Crippen molar-refractivity contribution in [2.24, 2.45) is 0 Å². The number of carbonyl (C=O) groups excluding carboxylic acids is 1. The molecule has 3 rings (SSSR count). The van der Waals surface area contributed by atoms with Crippen LogP contribution in [0, 0.1) is 0 Å². The minimum atomic E-state index is -1.17. The molecule has 0 unspecified atom stereocenters. The van der Waals surface area contributed by atoms with Crippen LogP contribution in [0.15, 0.2) is 48.5 Å². The summed E-state index contributed by atoms with van der Waals surface area (Å²) in [6.45, 7) is 0.147. The van der Waals surface area contributed by atoms with Gasteiger partial charge in [0.05, 0.1) is 11.3 Å². The Labute approximate surface area is 143 Å². The van der Waals surface area contributed by atoms with Crippen molar-refractivity contribution in [2.75, 3.05) is 5.32 Å². The van der Waals surface area contributed by atoms with Gasteiger partial charge in [-0.3, -0.25) is 0 Å². The number of nitrogens with zero attached hydrogens (tertiary/aromatic N) is 1. The van der Waals surface area contributed by atoms with E-state index in [-0.39, 0.29) is 24.2 Å². The van der Waals surface area contributed by atoms with Crippen molar-refractivity contribution in [3.05, 3.63) is 65.2 Å². The summed E-state index contributed by atoms with van der Waals surface area (Å²) in [6, 6.07) is 11.7. The van der Waals surface area contributed by atoms with Gasteiger partial charge < -0.3 is 20.4 Å². The van der Waals surface area contributed by atoms with Crippen LogP contribution < -0.4 is 5.32 Å². The van der Waals surface area contributed by atoms with Crippen LogP contribution in [0.3, 0.4) is 0 Å². The summed E-state index contributed by atoms with van der Waals surface area (Å²) in [6.07, 6.45) is 0.208. The van der Waals surface area contributed by atoms with Gasteiger partial charge in [-0.2, -0.15) is 0 Å². The molecular weight excluding hydrogens is 324 g/mol. The van der Waals surface area contributed by atoms with E-state index in [1.165, 1.54) is 17.0 Å². The van der Waals surface area contributed by atoms with E-state index in [0.29, 0.717) is 0 Å². The zero-order chi connectivity index (χ0) is 18.0. The first-order valence-electron chi connectivity index (χ1n) is 7.67. The van der Waals surface area contributed by atoms with Crippen LogP contribution in [-0.2, 0) is 17.8 Å². The molecule has 2 amide bonds. The van der Waals surface area contributed by atoms with Crippen molar-refractivity contribution < 1.29 is 24.6 Å². The lowest BCUT2D eigenvalue weighted by Gasteiger charge is -2.34. The van der Waals surface area contributed by atoms with Gasteiger partial charge in [0.25, 0.3) is 0 Å². The van der Waals surface area contributed by atoms with Crippen molar-refractivity contribution in [1.82, 2.24) is 4.90 Å². The lowest BCUT2D eigenvalue weighted by Crippen LogP contribution is -2.50. The van der Waals surface area contributed by atoms with Gasteiger partial charge in [-0.05, 0) is 23.3 Å². The smallest absolute Gasteiger partial charge is 0.337 e. The van der Waals surface area contributed by atoms with Crippen LogP contribution >= 0.6 is 0 Å². The van der Waals surface area contributed by atoms with Gasteiger partial charge in [-0.15, -0.1) is 0 Å². The number of anilines is 1. The lowest BCUT2D eigenvalue weighted by molar-refractivity contribution is -0.142. The second-order valence-corrected chi connectivity index (χ2v) is 5.74. The minimum absolute atomic E-state index is 0.0554. The van der Waals surface area contributed by atoms with Gasteiger partial charge in [0.1, 0.15) is 6.04 Å². The zero-order valence-electron chi connectivity index (χ0n) is 13.2. The summed E-state index contributed by atoms with van der Waals surface area (Å²) in [4.78, 5) is 36.7. The molecular formula is C18H16N2O5. The largest absolute Gasteiger partial charge is 0.480 e. The van der Waals surface area contributed by atoms with Crippen LogP contribution in [0.4, 0.5) is 10.5 Å². The molecule has 7 nitrogen and oxygen atoms in total. The third kappa shape index (κ3) is 3.30. The Bertz CT molecular complexity index is 849. The molecule has 1 aliphatic rings. The van der Waals surface area contributed by atoms with E-state index in [0.717, 1.165) is 11.1 Å². The molecule has 3 N–H and O–H groups in total. The number of amides is 2. The number of nitrogens with one attached hydrogen (secondary N) is 1. The highest BCUT2D eigenvalue weighted by molar-refractivity contribution is 6.00. The number of carbonyl (C=O) groups is 3. The maximum absolute atomic E-state index is 12.6. The highest BCUT2D eigenvalue weighted by atomic mass is 16.4. The Morgan fingerprint density at radius 1 is 0.960 bits per heavy atom. The van der Waals surface area contributed by atoms with E-state index in [2.05, 4.69) is 5.32 Å². The van der Waals surface area contributed by atoms with E-state index in [9.17, 15) is 24.6 Å². The van der Waals surface area contributed by atoms with Crippen molar-refractivity contribution in [3.8, 4) is 0 Å². The second-order valence-electron chi connectivity index (χ2n) is 5.74. The number of carboxylic acids is 2. The van der Waals surface area contributed by atoms with Crippen LogP contribution in [0.1, 0.15) is 21.5 Å². The molecule has 0 radical (unpaired) electrons. The standard InChI is InChI=1S/C18H16N2O5/c21-16(22)13-7-3-4-8-14(13)19-18(25)20-10-12-6-2-1-5-11(12)9-15(20)17(23)24/h1-8,15H,9-10H2,(H,19,25)(H,21,22)(H,23,24)/t15-/m1/s1. The Kier molecular flexibility index (Phi) is 4.38. The first-order valence-corrected chi connectivity index (χ1v) is 7.67. The van der Waals surface area contributed by atoms with Gasteiger partial charge in [-0.1, -0.05) is 36.4 Å². The molecule has 0 bridgehead atoms. The Hall–Kier alpha value is -3.35. The third-order valence-electron chi connectivity index (χ3n) is 4.19. The van der Waals surface area contributed by atoms with Crippen molar-refractivity contribution in [1.29, 1.82) is 0 Å². The van der Waals surface area contributed by atoms with Gasteiger partial charge in [0.15, 0.2) is 0 Å². The van der Waals surface area contributed by atoms with Gasteiger partial charge in [-0.25, -0.2) is 14.4 Å². The number of aliphatic carboxylic acids is 1. The number of fused-ring (bicyclic) bond motifs is 1. The van der Waals surface area contributed by atoms with Crippen molar-refractivity contribution in [2.45, 2.75) is 19.0 Å². The molecule has 0 saturated carbocycles. The van der Waals surface area contributed by atoms with Crippen molar-refractivity contribution in [3.63, 3.8) is 0 Å². The fourth-order valence-corrected chi connectivity index (χ4v) is 2.92. The maximum Gasteiger partial charge on any atom is 0.337 e. The molecule has 25 heavy (non-hydrogen) atoms. The van der Waals surface area contributed by atoms with Crippen molar-refractivity contribution >= 4 is 23.7 Å². The minimum Gasteiger partial charge on any atom is -0.480 e. The summed E-state index contributed by atoms with van der Waals surface area (Å²) in [5.74, 6) is -2.27. The SMILES string of the molecule is O=C(O)c1ccccc1NC(=O)N1Cc2ccccc2C[C@@H]1C(=O)O. The van der Waals surface area contributed by atoms with E-state index >= 15 is 0 Å². The predicted molar refractivity (Wildman–Crippen MR) is 89.5 cm³/mol. The Morgan fingerprint density at radius 2 is 1.60 bits per heavy atom. The van der Waals surface area contributed by atoms with E-state index < -0.39 is 24.0 Å². The number of urea groups is 1. The quantitative estimate of drug-likeness (QED) is 0.795. The van der Waals surface area contributed by atoms with Crippen LogP contribution in [-0.4, -0.2) is 39.1 Å². The number of hydrogen-bond acceptors (Lipinski definition) is 3. The molecule has 128 valence electrons. The van der Waals surface area contributed by atoms with Gasteiger partial charge in [0, 0.05) is 13.0 Å². The number of hydrogen-bond donors (Lipinski definition) is 3. The molecule has 1 heterocycles. The third-order valence-corrected chi connectivity index (χ3v) is 4.19. The molecule has 2 aromatic rings.